The Balaban J connectivity index is 0.00000338. The Morgan fingerprint density at radius 1 is 1.35 bits per heavy atom. The number of phenols is 1. The lowest BCUT2D eigenvalue weighted by Crippen LogP contribution is -2.36. The number of nitrogens with zero attached hydrogens (tertiary/aromatic N) is 3. The van der Waals surface area contributed by atoms with Crippen molar-refractivity contribution in [3.63, 3.8) is 0 Å². The van der Waals surface area contributed by atoms with Gasteiger partial charge in [-0.25, -0.2) is 9.98 Å². The Bertz CT molecular complexity index is 721. The standard InChI is InChI=1S/C17H25N5O2S.HI/c1-5-18-16(20-10-13-11-25-17(21-13)22(2)3)19-9-12-8-14(24-4)6-7-15(12)23;/h6-8,11,23H,5,9-10H2,1-4H3,(H2,18,19,20);1H. The number of ether oxygens (including phenoxy) is 1. The second-order valence-electron chi connectivity index (χ2n) is 5.56. The fourth-order valence-electron chi connectivity index (χ4n) is 2.08. The van der Waals surface area contributed by atoms with Gasteiger partial charge in [-0.2, -0.15) is 0 Å². The van der Waals surface area contributed by atoms with Crippen molar-refractivity contribution in [2.24, 2.45) is 4.99 Å². The van der Waals surface area contributed by atoms with E-state index >= 15 is 0 Å². The van der Waals surface area contributed by atoms with Gasteiger partial charge < -0.3 is 25.4 Å². The fourth-order valence-corrected chi connectivity index (χ4v) is 2.84. The lowest BCUT2D eigenvalue weighted by Gasteiger charge is -2.11. The molecule has 1 aromatic carbocycles. The van der Waals surface area contributed by atoms with Crippen LogP contribution in [0.25, 0.3) is 0 Å². The number of halogens is 1. The number of hydrogen-bond acceptors (Lipinski definition) is 6. The van der Waals surface area contributed by atoms with Crippen LogP contribution in [0.1, 0.15) is 18.2 Å². The third kappa shape index (κ3) is 6.52. The maximum atomic E-state index is 9.96. The molecule has 0 amide bonds. The van der Waals surface area contributed by atoms with Gasteiger partial charge in [0.2, 0.25) is 0 Å². The van der Waals surface area contributed by atoms with E-state index < -0.39 is 0 Å². The van der Waals surface area contributed by atoms with Gasteiger partial charge in [-0.15, -0.1) is 35.3 Å². The number of hydrogen-bond donors (Lipinski definition) is 3. The highest BCUT2D eigenvalue weighted by Gasteiger charge is 2.06. The van der Waals surface area contributed by atoms with Crippen LogP contribution in [0, 0.1) is 0 Å². The number of rotatable bonds is 7. The molecule has 0 bridgehead atoms. The Hall–Kier alpha value is -1.75. The zero-order chi connectivity index (χ0) is 18.2. The minimum atomic E-state index is 0. The summed E-state index contributed by atoms with van der Waals surface area (Å²) in [5.74, 6) is 1.57. The van der Waals surface area contributed by atoms with Gasteiger partial charge in [-0.1, -0.05) is 0 Å². The summed E-state index contributed by atoms with van der Waals surface area (Å²) in [6.45, 7) is 3.68. The largest absolute Gasteiger partial charge is 0.508 e. The maximum Gasteiger partial charge on any atom is 0.191 e. The van der Waals surface area contributed by atoms with E-state index in [0.29, 0.717) is 30.4 Å². The van der Waals surface area contributed by atoms with E-state index in [9.17, 15) is 5.11 Å². The first-order chi connectivity index (χ1) is 12.0. The molecule has 0 unspecified atom stereocenters. The van der Waals surface area contributed by atoms with E-state index in [-0.39, 0.29) is 29.7 Å². The summed E-state index contributed by atoms with van der Waals surface area (Å²) in [4.78, 5) is 11.0. The molecule has 7 nitrogen and oxygen atoms in total. The quantitative estimate of drug-likeness (QED) is 0.314. The van der Waals surface area contributed by atoms with Crippen LogP contribution in [0.4, 0.5) is 5.13 Å². The molecule has 2 rings (SSSR count). The minimum Gasteiger partial charge on any atom is -0.508 e. The van der Waals surface area contributed by atoms with E-state index in [1.165, 1.54) is 0 Å². The van der Waals surface area contributed by atoms with E-state index in [1.807, 2.05) is 31.3 Å². The third-order valence-corrected chi connectivity index (χ3v) is 4.45. The molecule has 9 heteroatoms. The highest BCUT2D eigenvalue weighted by molar-refractivity contribution is 14.0. The van der Waals surface area contributed by atoms with Crippen LogP contribution < -0.4 is 20.3 Å². The Morgan fingerprint density at radius 2 is 2.12 bits per heavy atom. The number of anilines is 1. The summed E-state index contributed by atoms with van der Waals surface area (Å²) < 4.78 is 5.19. The molecule has 0 aliphatic heterocycles. The van der Waals surface area contributed by atoms with Crippen molar-refractivity contribution in [3.05, 3.63) is 34.8 Å². The number of benzene rings is 1. The van der Waals surface area contributed by atoms with Gasteiger partial charge in [0.25, 0.3) is 0 Å². The highest BCUT2D eigenvalue weighted by atomic mass is 127. The summed E-state index contributed by atoms with van der Waals surface area (Å²) in [6, 6.07) is 5.12. The minimum absolute atomic E-state index is 0. The molecule has 0 aliphatic carbocycles. The molecule has 0 radical (unpaired) electrons. The smallest absolute Gasteiger partial charge is 0.191 e. The molecular weight excluding hydrogens is 465 g/mol. The zero-order valence-electron chi connectivity index (χ0n) is 15.4. The van der Waals surface area contributed by atoms with Crippen molar-refractivity contribution < 1.29 is 9.84 Å². The van der Waals surface area contributed by atoms with Crippen LogP contribution in [-0.2, 0) is 13.1 Å². The number of nitrogens with one attached hydrogen (secondary N) is 2. The van der Waals surface area contributed by atoms with Gasteiger partial charge in [0, 0.05) is 31.6 Å². The van der Waals surface area contributed by atoms with Crippen molar-refractivity contribution in [1.82, 2.24) is 15.6 Å². The van der Waals surface area contributed by atoms with E-state index in [4.69, 9.17) is 4.74 Å². The molecule has 144 valence electrons. The van der Waals surface area contributed by atoms with E-state index in [0.717, 1.165) is 17.4 Å². The van der Waals surface area contributed by atoms with Crippen molar-refractivity contribution >= 4 is 46.4 Å². The van der Waals surface area contributed by atoms with Gasteiger partial charge in [0.15, 0.2) is 11.1 Å². The number of aliphatic imine (C=N–C) groups is 1. The molecule has 0 fully saturated rings. The molecule has 1 heterocycles. The van der Waals surface area contributed by atoms with Crippen molar-refractivity contribution in [3.8, 4) is 11.5 Å². The molecule has 1 aromatic heterocycles. The normalized spacial score (nSPS) is 10.8. The van der Waals surface area contributed by atoms with Crippen molar-refractivity contribution in [1.29, 1.82) is 0 Å². The zero-order valence-corrected chi connectivity index (χ0v) is 18.6. The molecule has 0 aliphatic rings. The molecule has 0 spiro atoms. The monoisotopic (exact) mass is 491 g/mol. The van der Waals surface area contributed by atoms with Gasteiger partial charge in [0.1, 0.15) is 11.5 Å². The van der Waals surface area contributed by atoms with Gasteiger partial charge >= 0.3 is 0 Å². The number of aromatic nitrogens is 1. The first kappa shape index (κ1) is 22.3. The van der Waals surface area contributed by atoms with Gasteiger partial charge in [0.05, 0.1) is 25.9 Å². The molecule has 2 aromatic rings. The highest BCUT2D eigenvalue weighted by Crippen LogP contribution is 2.23. The summed E-state index contributed by atoms with van der Waals surface area (Å²) in [6.07, 6.45) is 0. The van der Waals surface area contributed by atoms with Crippen LogP contribution in [-0.4, -0.2) is 43.8 Å². The Morgan fingerprint density at radius 3 is 2.73 bits per heavy atom. The van der Waals surface area contributed by atoms with E-state index in [2.05, 4.69) is 20.6 Å². The maximum absolute atomic E-state index is 9.96. The van der Waals surface area contributed by atoms with Gasteiger partial charge in [-0.3, -0.25) is 0 Å². The number of aromatic hydroxyl groups is 1. The molecule has 3 N–H and O–H groups in total. The number of methoxy groups -OCH3 is 1. The van der Waals surface area contributed by atoms with Crippen LogP contribution in [0.15, 0.2) is 28.6 Å². The summed E-state index contributed by atoms with van der Waals surface area (Å²) >= 11 is 1.61. The molecule has 26 heavy (non-hydrogen) atoms. The van der Waals surface area contributed by atoms with Crippen LogP contribution in [0.2, 0.25) is 0 Å². The second kappa shape index (κ2) is 11.1. The van der Waals surface area contributed by atoms with Crippen LogP contribution in [0.3, 0.4) is 0 Å². The lowest BCUT2D eigenvalue weighted by atomic mass is 10.2. The number of phenolic OH excluding ortho intramolecular Hbond substituents is 1. The summed E-state index contributed by atoms with van der Waals surface area (Å²) in [5, 5.41) is 19.4. The first-order valence-electron chi connectivity index (χ1n) is 8.03. The first-order valence-corrected chi connectivity index (χ1v) is 8.91. The van der Waals surface area contributed by atoms with E-state index in [1.54, 1.807) is 36.6 Å². The summed E-state index contributed by atoms with van der Waals surface area (Å²) in [5.41, 5.74) is 1.67. The van der Waals surface area contributed by atoms with Crippen molar-refractivity contribution in [2.45, 2.75) is 20.0 Å². The SMILES string of the molecule is CCNC(=NCc1cc(OC)ccc1O)NCc1csc(N(C)C)n1.I. The van der Waals surface area contributed by atoms with Gasteiger partial charge in [-0.05, 0) is 25.1 Å². The average Bonchev–Trinajstić information content (AvgIpc) is 3.08. The topological polar surface area (TPSA) is 82.0 Å². The lowest BCUT2D eigenvalue weighted by molar-refractivity contribution is 0.411. The molecule has 0 saturated heterocycles. The van der Waals surface area contributed by atoms with Crippen molar-refractivity contribution in [2.75, 3.05) is 32.6 Å². The Labute approximate surface area is 175 Å². The average molecular weight is 491 g/mol. The van der Waals surface area contributed by atoms with Crippen LogP contribution in [0.5, 0.6) is 11.5 Å². The predicted molar refractivity (Wildman–Crippen MR) is 118 cm³/mol. The molecule has 0 atom stereocenters. The number of thiazole rings is 1. The third-order valence-electron chi connectivity index (χ3n) is 3.40. The number of guanidine groups is 1. The summed E-state index contributed by atoms with van der Waals surface area (Å²) in [7, 11) is 5.55. The fraction of sp³-hybridized carbons (Fsp3) is 0.412. The Kier molecular flexibility index (Phi) is 9.49. The molecular formula is C17H26IN5O2S. The molecule has 0 saturated carbocycles. The second-order valence-corrected chi connectivity index (χ2v) is 6.40. The predicted octanol–water partition coefficient (Wildman–Crippen LogP) is 2.80. The van der Waals surface area contributed by atoms with Crippen LogP contribution >= 0.6 is 35.3 Å².